The molecule has 0 aliphatic heterocycles. The molecule has 2 fully saturated rings. The fourth-order valence-electron chi connectivity index (χ4n) is 4.50. The second-order valence-corrected chi connectivity index (χ2v) is 11.3. The zero-order chi connectivity index (χ0) is 32.6. The van der Waals surface area contributed by atoms with Gasteiger partial charge in [-0.2, -0.15) is 0 Å². The van der Waals surface area contributed by atoms with Crippen molar-refractivity contribution in [1.29, 1.82) is 0 Å². The summed E-state index contributed by atoms with van der Waals surface area (Å²) in [5, 5.41) is 6.53. The molecule has 2 aromatic heterocycles. The maximum Gasteiger partial charge on any atom is 0.308 e. The van der Waals surface area contributed by atoms with Crippen LogP contribution in [0.1, 0.15) is 70.1 Å². The molecule has 1 amide bonds. The average molecular weight is 628 g/mol. The number of esters is 1. The molecular weight excluding hydrogens is 582 g/mol. The summed E-state index contributed by atoms with van der Waals surface area (Å²) in [4.78, 5) is 40.4. The number of ether oxygens (including phenoxy) is 4. The van der Waals surface area contributed by atoms with Crippen molar-refractivity contribution in [2.75, 3.05) is 20.8 Å². The van der Waals surface area contributed by atoms with Gasteiger partial charge in [-0.1, -0.05) is 13.8 Å². The number of hydrogen-bond donors (Lipinski definition) is 1. The van der Waals surface area contributed by atoms with Gasteiger partial charge in [0.05, 0.1) is 44.1 Å². The van der Waals surface area contributed by atoms with Crippen LogP contribution in [0.3, 0.4) is 0 Å². The predicted octanol–water partition coefficient (Wildman–Crippen LogP) is 6.40. The van der Waals surface area contributed by atoms with Crippen molar-refractivity contribution in [2.45, 2.75) is 77.9 Å². The number of nitrogens with zero attached hydrogens (tertiary/aromatic N) is 2. The van der Waals surface area contributed by atoms with Crippen LogP contribution in [0.4, 0.5) is 0 Å². The molecule has 11 heteroatoms. The minimum absolute atomic E-state index is 0.0347. The number of hydrogen-bond acceptors (Lipinski definition) is 10. The number of fused-ring (bicyclic) bond motifs is 1. The Morgan fingerprint density at radius 3 is 2.34 bits per heavy atom. The Labute approximate surface area is 264 Å². The van der Waals surface area contributed by atoms with Gasteiger partial charge in [0.2, 0.25) is 6.41 Å². The molecule has 2 unspecified atom stereocenters. The number of pyridine rings is 1. The van der Waals surface area contributed by atoms with Gasteiger partial charge < -0.3 is 24.3 Å². The lowest BCUT2D eigenvalue weighted by Crippen LogP contribution is -2.17. The second-order valence-electron chi connectivity index (χ2n) is 10.4. The summed E-state index contributed by atoms with van der Waals surface area (Å²) in [7, 11) is 3.10. The first kappa shape index (κ1) is 36.2. The van der Waals surface area contributed by atoms with Crippen molar-refractivity contribution in [3.05, 3.63) is 48.0 Å². The first-order valence-electron chi connectivity index (χ1n) is 14.7. The molecule has 1 N–H and O–H groups in total. The van der Waals surface area contributed by atoms with Crippen molar-refractivity contribution in [2.24, 2.45) is 5.92 Å². The highest BCUT2D eigenvalue weighted by Gasteiger charge is 2.32. The van der Waals surface area contributed by atoms with E-state index in [1.165, 1.54) is 20.0 Å². The Hall–Kier alpha value is -3.99. The van der Waals surface area contributed by atoms with E-state index in [0.717, 1.165) is 63.6 Å². The summed E-state index contributed by atoms with van der Waals surface area (Å²) in [6.45, 7) is 14.9. The van der Waals surface area contributed by atoms with Gasteiger partial charge >= 0.3 is 5.97 Å². The Balaban J connectivity index is 0.000000435. The molecule has 2 aliphatic rings. The molecule has 2 aliphatic carbocycles. The zero-order valence-corrected chi connectivity index (χ0v) is 27.4. The largest absolute Gasteiger partial charge is 0.496 e. The first-order valence-corrected chi connectivity index (χ1v) is 15.6. The third-order valence-electron chi connectivity index (χ3n) is 7.03. The monoisotopic (exact) mass is 627 g/mol. The summed E-state index contributed by atoms with van der Waals surface area (Å²) in [5.74, 6) is 1.66. The van der Waals surface area contributed by atoms with Crippen molar-refractivity contribution in [3.8, 4) is 22.2 Å². The molecule has 5 rings (SSSR count). The molecular formula is C33H45N3O7S. The van der Waals surface area contributed by atoms with E-state index in [-0.39, 0.29) is 18.0 Å². The van der Waals surface area contributed by atoms with E-state index >= 15 is 0 Å². The minimum atomic E-state index is -0.157. The summed E-state index contributed by atoms with van der Waals surface area (Å²) in [5.41, 5.74) is 3.66. The molecule has 240 valence electrons. The predicted molar refractivity (Wildman–Crippen MR) is 173 cm³/mol. The van der Waals surface area contributed by atoms with Crippen LogP contribution in [0.5, 0.6) is 11.5 Å². The summed E-state index contributed by atoms with van der Waals surface area (Å²) >= 11 is 1.59. The van der Waals surface area contributed by atoms with Crippen molar-refractivity contribution in [3.63, 3.8) is 0 Å². The number of methoxy groups -OCH3 is 2. The van der Waals surface area contributed by atoms with Gasteiger partial charge in [0, 0.05) is 28.4 Å². The van der Waals surface area contributed by atoms with E-state index in [1.54, 1.807) is 25.4 Å². The molecule has 44 heavy (non-hydrogen) atoms. The van der Waals surface area contributed by atoms with Gasteiger partial charge in [-0.3, -0.25) is 14.4 Å². The quantitative estimate of drug-likeness (QED) is 0.154. The lowest BCUT2D eigenvalue weighted by Gasteiger charge is -2.18. The molecule has 3 aromatic rings. The van der Waals surface area contributed by atoms with E-state index in [0.29, 0.717) is 31.5 Å². The molecule has 2 heterocycles. The van der Waals surface area contributed by atoms with Gasteiger partial charge in [-0.05, 0) is 64.0 Å². The molecule has 10 nitrogen and oxygen atoms in total. The summed E-state index contributed by atoms with van der Waals surface area (Å²) in [6.07, 6.45) is 5.35. The topological polar surface area (TPSA) is 126 Å². The van der Waals surface area contributed by atoms with E-state index in [4.69, 9.17) is 24.2 Å². The van der Waals surface area contributed by atoms with Crippen molar-refractivity contribution < 1.29 is 33.3 Å². The van der Waals surface area contributed by atoms with Crippen LogP contribution >= 0.6 is 11.3 Å². The van der Waals surface area contributed by atoms with Crippen LogP contribution in [0.25, 0.3) is 21.6 Å². The number of nitrogens with one attached hydrogen (secondary N) is 1. The minimum Gasteiger partial charge on any atom is -0.496 e. The highest BCUT2D eigenvalue weighted by Crippen LogP contribution is 2.38. The van der Waals surface area contributed by atoms with Gasteiger partial charge in [0.15, 0.2) is 0 Å². The Morgan fingerprint density at radius 2 is 1.84 bits per heavy atom. The maximum absolute atomic E-state index is 11.9. The van der Waals surface area contributed by atoms with Gasteiger partial charge in [0.1, 0.15) is 22.2 Å². The molecule has 0 saturated heterocycles. The Bertz CT molecular complexity index is 1360. The fraction of sp³-hybridized carbons (Fsp3) is 0.485. The standard InChI is InChI=1S/C24H28N2O4S.C4H7NO.C3H6O2.C2H4/c1-13(2)19-12-31-23(26-19)18-11-21(30-16-7-6-15(10-16)24(27)29-5)17-8-9-20(28-4)14(3)22(17)25-18;6-3-5-4-1-2-4;1-2-5-3-4;1-2/h8-9,11-13,15-16H,6-7,10H2,1-5H3;3-4H,1-2H2,(H,5,6);3H,2H2,1H3;1-2H2. The number of thiazole rings is 1. The number of amides is 1. The lowest BCUT2D eigenvalue weighted by atomic mass is 10.1. The van der Waals surface area contributed by atoms with Crippen LogP contribution in [-0.4, -0.2) is 61.8 Å². The fourth-order valence-corrected chi connectivity index (χ4v) is 5.44. The number of carbonyl (C=O) groups is 3. The SMILES string of the molecule is C=C.CCOC=O.COC(=O)C1CCC(Oc2cc(-c3nc(C(C)C)cs3)nc3c(C)c(OC)ccc23)C1.O=CNC1CC1. The highest BCUT2D eigenvalue weighted by atomic mass is 32.1. The van der Waals surface area contributed by atoms with Gasteiger partial charge in [-0.25, -0.2) is 9.97 Å². The van der Waals surface area contributed by atoms with E-state index in [2.05, 4.69) is 42.4 Å². The summed E-state index contributed by atoms with van der Waals surface area (Å²) in [6, 6.07) is 6.43. The molecule has 2 atom stereocenters. The second kappa shape index (κ2) is 18.6. The van der Waals surface area contributed by atoms with Crippen LogP contribution in [0.2, 0.25) is 0 Å². The number of carbonyl (C=O) groups excluding carboxylic acids is 3. The lowest BCUT2D eigenvalue weighted by molar-refractivity contribution is -0.145. The third kappa shape index (κ3) is 10.3. The molecule has 0 spiro atoms. The number of aryl methyl sites for hydroxylation is 1. The van der Waals surface area contributed by atoms with Crippen LogP contribution in [-0.2, 0) is 23.9 Å². The smallest absolute Gasteiger partial charge is 0.308 e. The maximum atomic E-state index is 11.9. The van der Waals surface area contributed by atoms with E-state index < -0.39 is 0 Å². The average Bonchev–Trinajstić information content (AvgIpc) is 3.50. The number of aromatic nitrogens is 2. The molecule has 0 bridgehead atoms. The highest BCUT2D eigenvalue weighted by molar-refractivity contribution is 7.13. The van der Waals surface area contributed by atoms with Crippen LogP contribution in [0, 0.1) is 12.8 Å². The molecule has 1 aromatic carbocycles. The van der Waals surface area contributed by atoms with Crippen LogP contribution < -0.4 is 14.8 Å². The summed E-state index contributed by atoms with van der Waals surface area (Å²) < 4.78 is 21.0. The van der Waals surface area contributed by atoms with E-state index in [9.17, 15) is 14.4 Å². The van der Waals surface area contributed by atoms with Crippen LogP contribution in [0.15, 0.2) is 36.7 Å². The molecule has 2 saturated carbocycles. The Morgan fingerprint density at radius 1 is 1.11 bits per heavy atom. The third-order valence-corrected chi connectivity index (χ3v) is 7.91. The zero-order valence-electron chi connectivity index (χ0n) is 26.6. The van der Waals surface area contributed by atoms with E-state index in [1.807, 2.05) is 25.1 Å². The first-order chi connectivity index (χ1) is 21.3. The number of benzene rings is 1. The molecule has 0 radical (unpaired) electrons. The van der Waals surface area contributed by atoms with Gasteiger partial charge in [0.25, 0.3) is 6.47 Å². The van der Waals surface area contributed by atoms with Crippen molar-refractivity contribution in [1.82, 2.24) is 15.3 Å². The van der Waals surface area contributed by atoms with Gasteiger partial charge in [-0.15, -0.1) is 24.5 Å². The Kier molecular flexibility index (Phi) is 15.3. The normalized spacial score (nSPS) is 16.6. The number of rotatable bonds is 10. The van der Waals surface area contributed by atoms with Crippen molar-refractivity contribution >= 4 is 41.1 Å².